The number of anilines is 2. The van der Waals surface area contributed by atoms with Crippen LogP contribution in [0.2, 0.25) is 0 Å². The van der Waals surface area contributed by atoms with Crippen molar-refractivity contribution in [2.75, 3.05) is 36.4 Å². The van der Waals surface area contributed by atoms with Gasteiger partial charge in [-0.05, 0) is 54.5 Å². The minimum atomic E-state index is -0.301. The van der Waals surface area contributed by atoms with Gasteiger partial charge in [-0.25, -0.2) is 4.39 Å². The number of rotatable bonds is 6. The Morgan fingerprint density at radius 2 is 1.94 bits per heavy atom. The number of likely N-dealkylation sites (tertiary alicyclic amines) is 1. The van der Waals surface area contributed by atoms with Crippen LogP contribution in [0.5, 0.6) is 0 Å². The fraction of sp³-hybridized carbons (Fsp3) is 0.500. The van der Waals surface area contributed by atoms with E-state index in [1.807, 2.05) is 35.8 Å². The van der Waals surface area contributed by atoms with Crippen molar-refractivity contribution in [3.05, 3.63) is 47.9 Å². The van der Waals surface area contributed by atoms with Gasteiger partial charge in [0.1, 0.15) is 5.82 Å². The zero-order valence-electron chi connectivity index (χ0n) is 18.6. The van der Waals surface area contributed by atoms with Crippen LogP contribution < -0.4 is 10.2 Å². The molecule has 0 aliphatic carbocycles. The first kappa shape index (κ1) is 22.2. The van der Waals surface area contributed by atoms with E-state index in [-0.39, 0.29) is 29.5 Å². The third kappa shape index (κ3) is 5.06. The van der Waals surface area contributed by atoms with Gasteiger partial charge in [0.15, 0.2) is 5.82 Å². The molecule has 0 unspecified atom stereocenters. The molecule has 0 saturated carbocycles. The molecule has 2 aliphatic rings. The Balaban J connectivity index is 1.28. The summed E-state index contributed by atoms with van der Waals surface area (Å²) in [7, 11) is 0. The highest BCUT2D eigenvalue weighted by Crippen LogP contribution is 2.32. The van der Waals surface area contributed by atoms with Crippen molar-refractivity contribution in [3.8, 4) is 0 Å². The van der Waals surface area contributed by atoms with E-state index in [2.05, 4.69) is 15.5 Å². The van der Waals surface area contributed by atoms with Crippen molar-refractivity contribution in [2.45, 2.75) is 39.0 Å². The van der Waals surface area contributed by atoms with Gasteiger partial charge >= 0.3 is 0 Å². The van der Waals surface area contributed by atoms with Crippen LogP contribution in [0, 0.1) is 17.7 Å². The Morgan fingerprint density at radius 1 is 1.19 bits per heavy atom. The lowest BCUT2D eigenvalue weighted by Gasteiger charge is -2.38. The highest BCUT2D eigenvalue weighted by Gasteiger charge is 2.34. The van der Waals surface area contributed by atoms with Crippen molar-refractivity contribution < 1.29 is 14.0 Å². The van der Waals surface area contributed by atoms with Gasteiger partial charge in [-0.1, -0.05) is 19.9 Å². The van der Waals surface area contributed by atoms with Crippen LogP contribution >= 0.6 is 0 Å². The predicted molar refractivity (Wildman–Crippen MR) is 121 cm³/mol. The molecule has 0 radical (unpaired) electrons. The van der Waals surface area contributed by atoms with Crippen LogP contribution in [0.15, 0.2) is 36.5 Å². The molecule has 2 fully saturated rings. The molecule has 0 spiro atoms. The minimum Gasteiger partial charge on any atom is -0.353 e. The molecular formula is C24H30FN5O2. The number of aromatic nitrogens is 2. The molecule has 8 heteroatoms. The summed E-state index contributed by atoms with van der Waals surface area (Å²) < 4.78 is 14.8. The number of carbonyl (C=O) groups is 2. The summed E-state index contributed by atoms with van der Waals surface area (Å²) in [6, 6.07) is 8.62. The first-order valence-electron chi connectivity index (χ1n) is 11.3. The maximum Gasteiger partial charge on any atom is 0.231 e. The quantitative estimate of drug-likeness (QED) is 0.746. The topological polar surface area (TPSA) is 78.4 Å². The lowest BCUT2D eigenvalue weighted by molar-refractivity contribution is -0.133. The third-order valence-corrected chi connectivity index (χ3v) is 6.27. The average Bonchev–Trinajstić information content (AvgIpc) is 2.73. The van der Waals surface area contributed by atoms with Crippen LogP contribution in [0.1, 0.15) is 44.6 Å². The van der Waals surface area contributed by atoms with E-state index in [9.17, 15) is 14.0 Å². The smallest absolute Gasteiger partial charge is 0.231 e. The van der Waals surface area contributed by atoms with E-state index in [0.717, 1.165) is 18.7 Å². The number of piperidine rings is 1. The Kier molecular flexibility index (Phi) is 6.67. The Bertz CT molecular complexity index is 954. The summed E-state index contributed by atoms with van der Waals surface area (Å²) >= 11 is 0. The second-order valence-corrected chi connectivity index (χ2v) is 9.16. The molecule has 7 nitrogen and oxygen atoms in total. The Labute approximate surface area is 188 Å². The molecule has 2 saturated heterocycles. The molecule has 2 aliphatic heterocycles. The van der Waals surface area contributed by atoms with E-state index < -0.39 is 0 Å². The highest BCUT2D eigenvalue weighted by molar-refractivity contribution is 5.94. The highest BCUT2D eigenvalue weighted by atomic mass is 19.1. The minimum absolute atomic E-state index is 0.0926. The molecule has 0 bridgehead atoms. The maximum absolute atomic E-state index is 14.8. The third-order valence-electron chi connectivity index (χ3n) is 6.27. The zero-order chi connectivity index (χ0) is 22.7. The second kappa shape index (κ2) is 9.63. The van der Waals surface area contributed by atoms with Crippen molar-refractivity contribution in [1.82, 2.24) is 15.1 Å². The summed E-state index contributed by atoms with van der Waals surface area (Å²) in [5, 5.41) is 10.7. The summed E-state index contributed by atoms with van der Waals surface area (Å²) in [6.45, 7) is 6.55. The zero-order valence-corrected chi connectivity index (χ0v) is 18.6. The van der Waals surface area contributed by atoms with E-state index in [1.54, 1.807) is 18.3 Å². The molecule has 1 N–H and O–H groups in total. The van der Waals surface area contributed by atoms with Gasteiger partial charge in [-0.15, -0.1) is 5.10 Å². The molecule has 1 aromatic carbocycles. The Hall–Kier alpha value is -3.03. The molecule has 32 heavy (non-hydrogen) atoms. The lowest BCUT2D eigenvalue weighted by atomic mass is 9.88. The predicted octanol–water partition coefficient (Wildman–Crippen LogP) is 3.44. The summed E-state index contributed by atoms with van der Waals surface area (Å²) in [6.07, 6.45) is 3.69. The number of amides is 2. The van der Waals surface area contributed by atoms with Gasteiger partial charge in [0, 0.05) is 44.5 Å². The van der Waals surface area contributed by atoms with Crippen LogP contribution in [0.4, 0.5) is 15.9 Å². The fourth-order valence-electron chi connectivity index (χ4n) is 4.39. The van der Waals surface area contributed by atoms with Crippen LogP contribution in [0.3, 0.4) is 0 Å². The second-order valence-electron chi connectivity index (χ2n) is 9.16. The molecular weight excluding hydrogens is 409 g/mol. The number of hydrogen-bond donors (Lipinski definition) is 1. The van der Waals surface area contributed by atoms with E-state index >= 15 is 0 Å². The first-order chi connectivity index (χ1) is 15.4. The Morgan fingerprint density at radius 3 is 2.56 bits per heavy atom. The summed E-state index contributed by atoms with van der Waals surface area (Å²) in [5.41, 5.74) is 1.13. The number of benzene rings is 1. The fourth-order valence-corrected chi connectivity index (χ4v) is 4.39. The SMILES string of the molecule is CC(C)CC(=O)N1CCC(c2ccc(NC(=O)C3CN(c4cccnn4)C3)cc2F)CC1. The number of hydrogen-bond acceptors (Lipinski definition) is 5. The van der Waals surface area contributed by atoms with Crippen LogP contribution in [0.25, 0.3) is 0 Å². The standard InChI is InChI=1S/C24H30FN5O2/c1-16(2)12-23(31)29-10-7-17(8-11-29)20-6-5-19(13-21(20)25)27-24(32)18-14-30(15-18)22-4-3-9-26-28-22/h3-6,9,13,16-18H,7-8,10-12,14-15H2,1-2H3,(H,27,32). The molecule has 2 amide bonds. The number of halogens is 1. The average molecular weight is 440 g/mol. The van der Waals surface area contributed by atoms with Gasteiger partial charge in [-0.2, -0.15) is 5.10 Å². The largest absolute Gasteiger partial charge is 0.353 e. The normalized spacial score (nSPS) is 17.4. The molecule has 170 valence electrons. The van der Waals surface area contributed by atoms with E-state index in [1.165, 1.54) is 6.07 Å². The van der Waals surface area contributed by atoms with Gasteiger partial charge in [0.05, 0.1) is 5.92 Å². The van der Waals surface area contributed by atoms with Crippen molar-refractivity contribution >= 4 is 23.3 Å². The number of nitrogens with one attached hydrogen (secondary N) is 1. The monoisotopic (exact) mass is 439 g/mol. The van der Waals surface area contributed by atoms with Crippen LogP contribution in [-0.4, -0.2) is 53.1 Å². The molecule has 3 heterocycles. The van der Waals surface area contributed by atoms with Crippen molar-refractivity contribution in [3.63, 3.8) is 0 Å². The van der Waals surface area contributed by atoms with Crippen LogP contribution in [-0.2, 0) is 9.59 Å². The van der Waals surface area contributed by atoms with E-state index in [0.29, 0.717) is 49.8 Å². The lowest BCUT2D eigenvalue weighted by Crippen LogP contribution is -2.52. The molecule has 0 atom stereocenters. The van der Waals surface area contributed by atoms with Crippen molar-refractivity contribution in [1.29, 1.82) is 0 Å². The molecule has 1 aromatic heterocycles. The molecule has 2 aromatic rings. The first-order valence-corrected chi connectivity index (χ1v) is 11.3. The number of nitrogens with zero attached hydrogens (tertiary/aromatic N) is 4. The maximum atomic E-state index is 14.8. The number of carbonyl (C=O) groups excluding carboxylic acids is 2. The van der Waals surface area contributed by atoms with Gasteiger partial charge in [0.2, 0.25) is 11.8 Å². The van der Waals surface area contributed by atoms with E-state index in [4.69, 9.17) is 0 Å². The van der Waals surface area contributed by atoms with Gasteiger partial charge < -0.3 is 15.1 Å². The van der Waals surface area contributed by atoms with Gasteiger partial charge in [-0.3, -0.25) is 9.59 Å². The van der Waals surface area contributed by atoms with Crippen molar-refractivity contribution in [2.24, 2.45) is 11.8 Å². The van der Waals surface area contributed by atoms with Gasteiger partial charge in [0.25, 0.3) is 0 Å². The summed E-state index contributed by atoms with van der Waals surface area (Å²) in [4.78, 5) is 28.6. The molecule has 4 rings (SSSR count). The summed E-state index contributed by atoms with van der Waals surface area (Å²) in [5.74, 6) is 0.798.